The zero-order chi connectivity index (χ0) is 22.2. The fraction of sp³-hybridized carbons (Fsp3) is 0.478. The molecule has 166 valence electrons. The Bertz CT molecular complexity index is 973. The average Bonchev–Trinajstić information content (AvgIpc) is 3.38. The molecule has 8 nitrogen and oxygen atoms in total. The molecule has 0 saturated heterocycles. The molecule has 1 unspecified atom stereocenters. The van der Waals surface area contributed by atoms with E-state index in [1.807, 2.05) is 42.8 Å². The van der Waals surface area contributed by atoms with Crippen LogP contribution in [0.3, 0.4) is 0 Å². The lowest BCUT2D eigenvalue weighted by molar-refractivity contribution is 0.368. The Hall–Kier alpha value is -3.16. The maximum Gasteiger partial charge on any atom is 0.192 e. The predicted octanol–water partition coefficient (Wildman–Crippen LogP) is 4.01. The molecule has 1 aromatic carbocycles. The predicted molar refractivity (Wildman–Crippen MR) is 122 cm³/mol. The fourth-order valence-corrected chi connectivity index (χ4v) is 3.40. The van der Waals surface area contributed by atoms with E-state index in [0.717, 1.165) is 35.9 Å². The number of benzene rings is 1. The number of rotatable bonds is 9. The van der Waals surface area contributed by atoms with Crippen LogP contribution in [0.4, 0.5) is 0 Å². The van der Waals surface area contributed by atoms with Crippen LogP contribution in [0.25, 0.3) is 0 Å². The number of nitrogens with zero attached hydrogens (tertiary/aromatic N) is 5. The largest absolute Gasteiger partial charge is 0.359 e. The molecule has 3 rings (SSSR count). The van der Waals surface area contributed by atoms with Gasteiger partial charge in [0.05, 0.1) is 18.3 Å². The molecule has 2 aromatic heterocycles. The smallest absolute Gasteiger partial charge is 0.192 e. The molecule has 0 spiro atoms. The monoisotopic (exact) mass is 423 g/mol. The van der Waals surface area contributed by atoms with Crippen molar-refractivity contribution in [1.29, 1.82) is 0 Å². The SMILES string of the molecule is CCC(CC)c1cc(CNC(=NCc2nnc(C)n2C)NC(C)c2ccccc2)on1. The van der Waals surface area contributed by atoms with E-state index in [1.165, 1.54) is 5.56 Å². The molecule has 3 aromatic rings. The van der Waals surface area contributed by atoms with Crippen LogP contribution in [-0.4, -0.2) is 25.9 Å². The van der Waals surface area contributed by atoms with Crippen molar-refractivity contribution in [3.8, 4) is 0 Å². The lowest BCUT2D eigenvalue weighted by Gasteiger charge is -2.18. The third kappa shape index (κ3) is 5.93. The second kappa shape index (κ2) is 10.7. The van der Waals surface area contributed by atoms with Crippen LogP contribution in [0.2, 0.25) is 0 Å². The molecule has 0 bridgehead atoms. The maximum atomic E-state index is 5.55. The van der Waals surface area contributed by atoms with Gasteiger partial charge in [0.2, 0.25) is 0 Å². The average molecular weight is 424 g/mol. The number of aliphatic imine (C=N–C) groups is 1. The van der Waals surface area contributed by atoms with Gasteiger partial charge in [0.1, 0.15) is 12.4 Å². The van der Waals surface area contributed by atoms with Crippen LogP contribution in [0.15, 0.2) is 45.9 Å². The summed E-state index contributed by atoms with van der Waals surface area (Å²) in [6.45, 7) is 9.31. The van der Waals surface area contributed by atoms with Gasteiger partial charge >= 0.3 is 0 Å². The highest BCUT2D eigenvalue weighted by atomic mass is 16.5. The van der Waals surface area contributed by atoms with Crippen LogP contribution >= 0.6 is 0 Å². The molecule has 31 heavy (non-hydrogen) atoms. The van der Waals surface area contributed by atoms with Crippen LogP contribution in [0.5, 0.6) is 0 Å². The van der Waals surface area contributed by atoms with E-state index < -0.39 is 0 Å². The lowest BCUT2D eigenvalue weighted by atomic mass is 9.99. The molecular formula is C23H33N7O. The first kappa shape index (κ1) is 22.5. The minimum atomic E-state index is 0.0866. The van der Waals surface area contributed by atoms with E-state index in [9.17, 15) is 0 Å². The second-order valence-corrected chi connectivity index (χ2v) is 7.75. The van der Waals surface area contributed by atoms with Gasteiger partial charge in [-0.1, -0.05) is 49.3 Å². The first-order chi connectivity index (χ1) is 15.0. The van der Waals surface area contributed by atoms with Crippen molar-refractivity contribution in [2.75, 3.05) is 0 Å². The molecule has 0 fully saturated rings. The number of nitrogens with one attached hydrogen (secondary N) is 2. The number of hydrogen-bond donors (Lipinski definition) is 2. The highest BCUT2D eigenvalue weighted by Gasteiger charge is 2.14. The van der Waals surface area contributed by atoms with Crippen molar-refractivity contribution in [1.82, 2.24) is 30.6 Å². The van der Waals surface area contributed by atoms with Gasteiger partial charge in [-0.3, -0.25) is 0 Å². The maximum absolute atomic E-state index is 5.55. The summed E-state index contributed by atoms with van der Waals surface area (Å²) < 4.78 is 7.50. The van der Waals surface area contributed by atoms with Crippen molar-refractivity contribution in [2.45, 2.75) is 65.6 Å². The normalized spacial score (nSPS) is 12.9. The van der Waals surface area contributed by atoms with Crippen molar-refractivity contribution < 1.29 is 4.52 Å². The van der Waals surface area contributed by atoms with Gasteiger partial charge in [0.25, 0.3) is 0 Å². The van der Waals surface area contributed by atoms with Gasteiger partial charge < -0.3 is 19.7 Å². The first-order valence-electron chi connectivity index (χ1n) is 10.9. The van der Waals surface area contributed by atoms with Gasteiger partial charge in [-0.05, 0) is 32.3 Å². The molecule has 0 saturated carbocycles. The third-order valence-electron chi connectivity index (χ3n) is 5.63. The number of aromatic nitrogens is 4. The molecular weight excluding hydrogens is 390 g/mol. The number of hydrogen-bond acceptors (Lipinski definition) is 5. The second-order valence-electron chi connectivity index (χ2n) is 7.75. The highest BCUT2D eigenvalue weighted by Crippen LogP contribution is 2.22. The zero-order valence-corrected chi connectivity index (χ0v) is 19.1. The molecule has 2 N–H and O–H groups in total. The molecule has 0 aliphatic carbocycles. The zero-order valence-electron chi connectivity index (χ0n) is 19.1. The van der Waals surface area contributed by atoms with E-state index >= 15 is 0 Å². The summed E-state index contributed by atoms with van der Waals surface area (Å²) in [5.74, 6) is 3.57. The summed E-state index contributed by atoms with van der Waals surface area (Å²) in [5.41, 5.74) is 2.20. The Morgan fingerprint density at radius 3 is 2.55 bits per heavy atom. The minimum Gasteiger partial charge on any atom is -0.359 e. The molecule has 0 aliphatic heterocycles. The van der Waals surface area contributed by atoms with E-state index in [2.05, 4.69) is 58.9 Å². The molecule has 0 amide bonds. The van der Waals surface area contributed by atoms with Crippen molar-refractivity contribution in [3.05, 3.63) is 65.1 Å². The number of guanidine groups is 1. The van der Waals surface area contributed by atoms with Gasteiger partial charge in [0.15, 0.2) is 17.5 Å². The van der Waals surface area contributed by atoms with E-state index in [0.29, 0.717) is 25.0 Å². The van der Waals surface area contributed by atoms with Gasteiger partial charge in [-0.15, -0.1) is 10.2 Å². The third-order valence-corrected chi connectivity index (χ3v) is 5.63. The standard InChI is InChI=1S/C23H33N7O/c1-6-18(7-2)21-13-20(31-29-21)14-24-23(25-15-22-28-27-17(4)30(22)5)26-16(3)19-11-9-8-10-12-19/h8-13,16,18H,6-7,14-15H2,1-5H3,(H2,24,25,26). The van der Waals surface area contributed by atoms with E-state index in [4.69, 9.17) is 9.52 Å². The molecule has 0 aliphatic rings. The van der Waals surface area contributed by atoms with Crippen molar-refractivity contribution >= 4 is 5.96 Å². The highest BCUT2D eigenvalue weighted by molar-refractivity contribution is 5.80. The molecule has 2 heterocycles. The topological polar surface area (TPSA) is 93.2 Å². The summed E-state index contributed by atoms with van der Waals surface area (Å²) >= 11 is 0. The van der Waals surface area contributed by atoms with Crippen LogP contribution in [0.1, 0.15) is 74.2 Å². The van der Waals surface area contributed by atoms with E-state index in [-0.39, 0.29) is 6.04 Å². The Kier molecular flexibility index (Phi) is 7.81. The number of aryl methyl sites for hydroxylation is 1. The Labute approximate surface area is 184 Å². The fourth-order valence-electron chi connectivity index (χ4n) is 3.40. The van der Waals surface area contributed by atoms with Crippen LogP contribution in [0, 0.1) is 6.92 Å². The summed E-state index contributed by atoms with van der Waals surface area (Å²) in [7, 11) is 1.95. The van der Waals surface area contributed by atoms with Gasteiger partial charge in [-0.25, -0.2) is 4.99 Å². The Morgan fingerprint density at radius 1 is 1.16 bits per heavy atom. The lowest BCUT2D eigenvalue weighted by Crippen LogP contribution is -2.38. The summed E-state index contributed by atoms with van der Waals surface area (Å²) in [6.07, 6.45) is 2.10. The molecule has 8 heteroatoms. The van der Waals surface area contributed by atoms with Crippen LogP contribution < -0.4 is 10.6 Å². The summed E-state index contributed by atoms with van der Waals surface area (Å²) in [4.78, 5) is 4.73. The van der Waals surface area contributed by atoms with Gasteiger partial charge in [-0.2, -0.15) is 0 Å². The van der Waals surface area contributed by atoms with E-state index in [1.54, 1.807) is 0 Å². The Balaban J connectivity index is 1.72. The quantitative estimate of drug-likeness (QED) is 0.399. The first-order valence-corrected chi connectivity index (χ1v) is 10.9. The van der Waals surface area contributed by atoms with Crippen molar-refractivity contribution in [3.63, 3.8) is 0 Å². The molecule has 1 atom stereocenters. The Morgan fingerprint density at radius 2 is 1.90 bits per heavy atom. The van der Waals surface area contributed by atoms with Crippen LogP contribution in [-0.2, 0) is 20.1 Å². The van der Waals surface area contributed by atoms with Gasteiger partial charge in [0, 0.05) is 19.0 Å². The molecule has 0 radical (unpaired) electrons. The van der Waals surface area contributed by atoms with Crippen molar-refractivity contribution in [2.24, 2.45) is 12.0 Å². The summed E-state index contributed by atoms with van der Waals surface area (Å²) in [6, 6.07) is 12.4. The summed E-state index contributed by atoms with van der Waals surface area (Å²) in [5, 5.41) is 19.4. The minimum absolute atomic E-state index is 0.0866.